The van der Waals surface area contributed by atoms with Crippen molar-refractivity contribution >= 4 is 16.9 Å². The first-order chi connectivity index (χ1) is 18.4. The van der Waals surface area contributed by atoms with Crippen LogP contribution in [-0.4, -0.2) is 149 Å². The summed E-state index contributed by atoms with van der Waals surface area (Å²) in [5, 5.41) is 98.1. The number of rotatable bonds is 19. The third-order valence-corrected chi connectivity index (χ3v) is 7.07. The van der Waals surface area contributed by atoms with Gasteiger partial charge in [-0.25, -0.2) is 0 Å². The monoisotopic (exact) mass is 581 g/mol. The first kappa shape index (κ1) is 35.6. The third-order valence-electron chi connectivity index (χ3n) is 6.21. The van der Waals surface area contributed by atoms with Crippen LogP contribution in [0.15, 0.2) is 18.2 Å². The van der Waals surface area contributed by atoms with Gasteiger partial charge in [-0.2, -0.15) is 0 Å². The van der Waals surface area contributed by atoms with Crippen LogP contribution >= 0.6 is 11.8 Å². The van der Waals surface area contributed by atoms with Gasteiger partial charge < -0.3 is 55.8 Å². The van der Waals surface area contributed by atoms with Crippen LogP contribution < -0.4 is 4.74 Å². The molecule has 226 valence electrons. The Hall–Kier alpha value is -1.40. The molecule has 0 aliphatic carbocycles. The fourth-order valence-corrected chi connectivity index (χ4v) is 4.40. The molecule has 14 heteroatoms. The summed E-state index contributed by atoms with van der Waals surface area (Å²) in [7, 11) is 0. The Morgan fingerprint density at radius 3 is 1.74 bits per heavy atom. The molecule has 0 aliphatic heterocycles. The highest BCUT2D eigenvalue weighted by Crippen LogP contribution is 2.23. The van der Waals surface area contributed by atoms with Gasteiger partial charge >= 0.3 is 0 Å². The second-order valence-electron chi connectivity index (χ2n) is 9.27. The number of aliphatic hydroxyl groups is 10. The van der Waals surface area contributed by atoms with E-state index in [1.807, 2.05) is 19.1 Å². The Morgan fingerprint density at radius 2 is 1.31 bits per heavy atom. The number of hydrogen-bond donors (Lipinski definition) is 10. The summed E-state index contributed by atoms with van der Waals surface area (Å²) in [5.41, 5.74) is 1.98. The molecule has 0 saturated carbocycles. The fraction of sp³-hybridized carbons (Fsp3) is 0.720. The molecule has 0 unspecified atom stereocenters. The first-order valence-electron chi connectivity index (χ1n) is 12.6. The van der Waals surface area contributed by atoms with Gasteiger partial charge in [0.05, 0.1) is 25.4 Å². The van der Waals surface area contributed by atoms with Crippen molar-refractivity contribution in [2.24, 2.45) is 0 Å². The van der Waals surface area contributed by atoms with Gasteiger partial charge in [-0.3, -0.25) is 9.69 Å². The maximum Gasteiger partial charge on any atom is 0.186 e. The standard InChI is InChI=1S/C25H43NO12S/c1-3-15-8-17(5-4-16(15)13-39-14(2)29)38-7-6-26(9-18(30)22(34)24(36)20(32)11-27)10-19(31)23(35)25(37)21(33)12-28/h4-5,8,18-25,27-28,30-37H,3,6-7,9-13H2,1-2H3/t18-,19-,20-,21-,22-,23-,24-,25-/m1/s1. The van der Waals surface area contributed by atoms with Gasteiger partial charge in [0.2, 0.25) is 0 Å². The number of aliphatic hydroxyl groups excluding tert-OH is 10. The fourth-order valence-electron chi connectivity index (χ4n) is 3.76. The average Bonchev–Trinajstić information content (AvgIpc) is 2.93. The number of thioether (sulfide) groups is 1. The van der Waals surface area contributed by atoms with E-state index in [9.17, 15) is 45.6 Å². The quantitative estimate of drug-likeness (QED) is 0.0767. The van der Waals surface area contributed by atoms with Crippen LogP contribution in [0.3, 0.4) is 0 Å². The lowest BCUT2D eigenvalue weighted by atomic mass is 10.0. The van der Waals surface area contributed by atoms with Crippen LogP contribution in [0.25, 0.3) is 0 Å². The summed E-state index contributed by atoms with van der Waals surface area (Å²) >= 11 is 1.20. The van der Waals surface area contributed by atoms with E-state index in [1.54, 1.807) is 6.07 Å². The number of aryl methyl sites for hydroxylation is 1. The number of hydrogen-bond acceptors (Lipinski definition) is 14. The zero-order chi connectivity index (χ0) is 29.7. The van der Waals surface area contributed by atoms with E-state index in [2.05, 4.69) is 0 Å². The maximum absolute atomic E-state index is 11.3. The normalized spacial score (nSPS) is 18.2. The predicted octanol–water partition coefficient (Wildman–Crippen LogP) is -3.42. The molecular formula is C25H43NO12S. The average molecular weight is 582 g/mol. The van der Waals surface area contributed by atoms with Crippen molar-refractivity contribution in [2.45, 2.75) is 74.9 Å². The predicted molar refractivity (Wildman–Crippen MR) is 142 cm³/mol. The summed E-state index contributed by atoms with van der Waals surface area (Å²) in [6, 6.07) is 5.41. The van der Waals surface area contributed by atoms with Gasteiger partial charge in [0.15, 0.2) is 5.12 Å². The van der Waals surface area contributed by atoms with Crippen LogP contribution in [-0.2, 0) is 17.0 Å². The van der Waals surface area contributed by atoms with Crippen LogP contribution in [0.5, 0.6) is 5.75 Å². The summed E-state index contributed by atoms with van der Waals surface area (Å²) in [6.07, 6.45) is -13.5. The van der Waals surface area contributed by atoms with E-state index in [0.717, 1.165) is 11.1 Å². The molecule has 8 atom stereocenters. The first-order valence-corrected chi connectivity index (χ1v) is 13.6. The molecular weight excluding hydrogens is 538 g/mol. The Morgan fingerprint density at radius 1 is 0.821 bits per heavy atom. The lowest BCUT2D eigenvalue weighted by Gasteiger charge is -2.33. The van der Waals surface area contributed by atoms with Crippen molar-refractivity contribution in [1.29, 1.82) is 0 Å². The van der Waals surface area contributed by atoms with Crippen LogP contribution in [0.2, 0.25) is 0 Å². The van der Waals surface area contributed by atoms with E-state index in [0.29, 0.717) is 17.9 Å². The highest BCUT2D eigenvalue weighted by atomic mass is 32.2. The molecule has 1 rings (SSSR count). The number of nitrogens with zero attached hydrogens (tertiary/aromatic N) is 1. The molecule has 1 aromatic rings. The molecule has 13 nitrogen and oxygen atoms in total. The van der Waals surface area contributed by atoms with E-state index in [-0.39, 0.29) is 31.4 Å². The molecule has 0 bridgehead atoms. The van der Waals surface area contributed by atoms with Crippen LogP contribution in [0, 0.1) is 0 Å². The Bertz CT molecular complexity index is 819. The minimum Gasteiger partial charge on any atom is -0.492 e. The second kappa shape index (κ2) is 18.1. The Balaban J connectivity index is 2.94. The molecule has 10 N–H and O–H groups in total. The van der Waals surface area contributed by atoms with Gasteiger partial charge in [0, 0.05) is 32.3 Å². The van der Waals surface area contributed by atoms with Gasteiger partial charge in [-0.15, -0.1) is 0 Å². The Labute approximate surface area is 231 Å². The van der Waals surface area contributed by atoms with Crippen molar-refractivity contribution in [3.63, 3.8) is 0 Å². The molecule has 0 amide bonds. The lowest BCUT2D eigenvalue weighted by Crippen LogP contribution is -2.53. The third kappa shape index (κ3) is 11.9. The maximum atomic E-state index is 11.3. The molecule has 0 fully saturated rings. The molecule has 39 heavy (non-hydrogen) atoms. The smallest absolute Gasteiger partial charge is 0.186 e. The highest BCUT2D eigenvalue weighted by Gasteiger charge is 2.34. The van der Waals surface area contributed by atoms with E-state index < -0.39 is 62.0 Å². The van der Waals surface area contributed by atoms with Crippen molar-refractivity contribution in [3.8, 4) is 5.75 Å². The second-order valence-corrected chi connectivity index (χ2v) is 10.4. The van der Waals surface area contributed by atoms with Crippen molar-refractivity contribution < 1.29 is 60.6 Å². The Kier molecular flexibility index (Phi) is 16.5. The van der Waals surface area contributed by atoms with Gasteiger partial charge in [-0.05, 0) is 29.7 Å². The van der Waals surface area contributed by atoms with E-state index >= 15 is 0 Å². The van der Waals surface area contributed by atoms with Crippen LogP contribution in [0.1, 0.15) is 25.0 Å². The van der Waals surface area contributed by atoms with Crippen molar-refractivity contribution in [2.75, 3.05) is 39.5 Å². The largest absolute Gasteiger partial charge is 0.492 e. The van der Waals surface area contributed by atoms with Crippen LogP contribution in [0.4, 0.5) is 0 Å². The van der Waals surface area contributed by atoms with E-state index in [1.165, 1.54) is 23.6 Å². The number of ether oxygens (including phenoxy) is 1. The SMILES string of the molecule is CCc1cc(OCCN(C[C@@H](O)[C@@H](O)[C@H](O)[C@H](O)CO)C[C@@H](O)[C@@H](O)[C@H](O)[C@H](O)CO)ccc1CSC(C)=O. The topological polar surface area (TPSA) is 232 Å². The minimum atomic E-state index is -1.87. The number of carbonyl (C=O) groups is 1. The van der Waals surface area contributed by atoms with Crippen molar-refractivity contribution in [1.82, 2.24) is 4.90 Å². The summed E-state index contributed by atoms with van der Waals surface area (Å²) in [5.74, 6) is 1.05. The van der Waals surface area contributed by atoms with E-state index in [4.69, 9.17) is 14.9 Å². The molecule has 0 aromatic heterocycles. The summed E-state index contributed by atoms with van der Waals surface area (Å²) in [4.78, 5) is 12.6. The van der Waals surface area contributed by atoms with Gasteiger partial charge in [0.1, 0.15) is 49.0 Å². The highest BCUT2D eigenvalue weighted by molar-refractivity contribution is 8.12. The molecule has 0 saturated heterocycles. The minimum absolute atomic E-state index is 0.00820. The number of carbonyl (C=O) groups excluding carboxylic acids is 1. The van der Waals surface area contributed by atoms with Crippen molar-refractivity contribution in [3.05, 3.63) is 29.3 Å². The summed E-state index contributed by atoms with van der Waals surface area (Å²) < 4.78 is 5.80. The molecule has 0 heterocycles. The molecule has 0 spiro atoms. The zero-order valence-corrected chi connectivity index (χ0v) is 23.0. The van der Waals surface area contributed by atoms with Gasteiger partial charge in [0.25, 0.3) is 0 Å². The zero-order valence-electron chi connectivity index (χ0n) is 22.2. The molecule has 1 aromatic carbocycles. The summed E-state index contributed by atoms with van der Waals surface area (Å²) in [6.45, 7) is 1.01. The molecule has 0 aliphatic rings. The molecule has 0 radical (unpaired) electrons. The number of benzene rings is 1. The van der Waals surface area contributed by atoms with Gasteiger partial charge in [-0.1, -0.05) is 24.8 Å². The lowest BCUT2D eigenvalue weighted by molar-refractivity contribution is -0.130.